The number of benzene rings is 3. The lowest BCUT2D eigenvalue weighted by Gasteiger charge is -2.10. The predicted molar refractivity (Wildman–Crippen MR) is 194 cm³/mol. The van der Waals surface area contributed by atoms with Crippen molar-refractivity contribution in [2.24, 2.45) is 0 Å². The maximum absolute atomic E-state index is 15.3. The lowest BCUT2D eigenvalue weighted by molar-refractivity contribution is -0.688. The van der Waals surface area contributed by atoms with E-state index in [-0.39, 0.29) is 13.1 Å². The third-order valence-electron chi connectivity index (χ3n) is 9.31. The molecule has 0 saturated carbocycles. The molecule has 6 nitrogen and oxygen atoms in total. The average molecular weight is 721 g/mol. The summed E-state index contributed by atoms with van der Waals surface area (Å²) in [5, 5.41) is 0. The highest BCUT2D eigenvalue weighted by molar-refractivity contribution is 5.38. The van der Waals surface area contributed by atoms with Gasteiger partial charge in [0.05, 0.1) is 24.3 Å². The van der Waals surface area contributed by atoms with Gasteiger partial charge in [0, 0.05) is 0 Å². The van der Waals surface area contributed by atoms with Crippen LogP contribution in [0.25, 0.3) is 11.4 Å². The molecule has 10 heteroatoms. The Kier molecular flexibility index (Phi) is 14.8. The standard InChI is InChI=1S/C42H52F4N4O2/c1-3-5-7-9-11-13-27-51-35-19-15-33(16-20-35)49-25-23-47(31-49)29-37-39(43)41(45)38(42(46)40(37)44)30-48-24-26-50(32-48)34-17-21-36(22-18-34)52-28-14-12-10-8-6-4-2/h15-26,31-32H,3-14,27-30H2,1-2H3/q+2. The number of unbranched alkanes of at least 4 members (excludes halogenated alkanes) is 10. The quantitative estimate of drug-likeness (QED) is 0.0309. The normalized spacial score (nSPS) is 11.3. The van der Waals surface area contributed by atoms with Gasteiger partial charge in [-0.15, -0.1) is 0 Å². The molecule has 2 heterocycles. The molecule has 2 aromatic heterocycles. The van der Waals surface area contributed by atoms with Crippen LogP contribution in [-0.2, 0) is 13.1 Å². The smallest absolute Gasteiger partial charge is 0.249 e. The van der Waals surface area contributed by atoms with Crippen LogP contribution < -0.4 is 18.6 Å². The second-order valence-electron chi connectivity index (χ2n) is 13.4. The zero-order valence-electron chi connectivity index (χ0n) is 30.5. The van der Waals surface area contributed by atoms with Gasteiger partial charge in [-0.3, -0.25) is 0 Å². The largest absolute Gasteiger partial charge is 0.494 e. The molecule has 0 aliphatic carbocycles. The summed E-state index contributed by atoms with van der Waals surface area (Å²) in [6.07, 6.45) is 24.1. The van der Waals surface area contributed by atoms with Crippen molar-refractivity contribution in [2.45, 2.75) is 104 Å². The fourth-order valence-corrected chi connectivity index (χ4v) is 6.22. The van der Waals surface area contributed by atoms with Gasteiger partial charge in [0.25, 0.3) is 0 Å². The molecule has 3 aromatic carbocycles. The van der Waals surface area contributed by atoms with Gasteiger partial charge in [0.2, 0.25) is 12.7 Å². The highest BCUT2D eigenvalue weighted by atomic mass is 19.2. The molecule has 0 fully saturated rings. The number of hydrogen-bond donors (Lipinski definition) is 0. The van der Waals surface area contributed by atoms with Gasteiger partial charge in [-0.05, 0) is 61.4 Å². The lowest BCUT2D eigenvalue weighted by Crippen LogP contribution is -2.35. The first-order chi connectivity index (χ1) is 25.4. The van der Waals surface area contributed by atoms with Crippen LogP contribution in [0.4, 0.5) is 17.6 Å². The van der Waals surface area contributed by atoms with E-state index in [0.717, 1.165) is 48.6 Å². The number of ether oxygens (including phenoxy) is 2. The molecule has 0 spiro atoms. The number of nitrogens with zero attached hydrogens (tertiary/aromatic N) is 4. The van der Waals surface area contributed by atoms with Crippen LogP contribution in [0.1, 0.15) is 102 Å². The Balaban J connectivity index is 1.16. The van der Waals surface area contributed by atoms with E-state index in [1.165, 1.54) is 60.5 Å². The molecule has 0 radical (unpaired) electrons. The Morgan fingerprint density at radius 3 is 1.19 bits per heavy atom. The molecule has 0 saturated heterocycles. The third kappa shape index (κ3) is 10.7. The molecule has 52 heavy (non-hydrogen) atoms. The highest BCUT2D eigenvalue weighted by Crippen LogP contribution is 2.25. The average Bonchev–Trinajstić information content (AvgIpc) is 3.84. The van der Waals surface area contributed by atoms with Crippen molar-refractivity contribution in [3.63, 3.8) is 0 Å². The Bertz CT molecular complexity index is 1660. The summed E-state index contributed by atoms with van der Waals surface area (Å²) in [6.45, 7) is 4.95. The third-order valence-corrected chi connectivity index (χ3v) is 9.31. The molecule has 278 valence electrons. The molecular weight excluding hydrogens is 668 g/mol. The summed E-state index contributed by atoms with van der Waals surface area (Å²) in [5.41, 5.74) is 0.245. The fourth-order valence-electron chi connectivity index (χ4n) is 6.22. The summed E-state index contributed by atoms with van der Waals surface area (Å²) >= 11 is 0. The van der Waals surface area contributed by atoms with Crippen molar-refractivity contribution in [3.8, 4) is 22.9 Å². The first-order valence-corrected chi connectivity index (χ1v) is 18.8. The number of imidazole rings is 2. The van der Waals surface area contributed by atoms with Crippen molar-refractivity contribution in [1.29, 1.82) is 0 Å². The Hall–Kier alpha value is -4.60. The zero-order valence-corrected chi connectivity index (χ0v) is 30.5. The summed E-state index contributed by atoms with van der Waals surface area (Å²) in [4.78, 5) is 0. The van der Waals surface area contributed by atoms with E-state index in [0.29, 0.717) is 13.2 Å². The van der Waals surface area contributed by atoms with E-state index in [1.807, 2.05) is 48.5 Å². The molecule has 0 aliphatic rings. The van der Waals surface area contributed by atoms with E-state index in [4.69, 9.17) is 9.47 Å². The fraction of sp³-hybridized carbons (Fsp3) is 0.429. The van der Waals surface area contributed by atoms with E-state index in [9.17, 15) is 0 Å². The molecule has 0 amide bonds. The van der Waals surface area contributed by atoms with Crippen LogP contribution in [0, 0.1) is 23.3 Å². The van der Waals surface area contributed by atoms with Gasteiger partial charge >= 0.3 is 0 Å². The maximum Gasteiger partial charge on any atom is 0.249 e. The molecule has 0 atom stereocenters. The molecule has 0 N–H and O–H groups in total. The summed E-state index contributed by atoms with van der Waals surface area (Å²) in [6, 6.07) is 15.0. The minimum atomic E-state index is -1.41. The highest BCUT2D eigenvalue weighted by Gasteiger charge is 2.28. The van der Waals surface area contributed by atoms with Crippen molar-refractivity contribution < 1.29 is 36.2 Å². The van der Waals surface area contributed by atoms with Crippen molar-refractivity contribution in [3.05, 3.63) is 120 Å². The lowest BCUT2D eigenvalue weighted by atomic mass is 10.1. The number of halogens is 4. The van der Waals surface area contributed by atoms with Crippen LogP contribution in [0.2, 0.25) is 0 Å². The monoisotopic (exact) mass is 720 g/mol. The summed E-state index contributed by atoms with van der Waals surface area (Å²) in [5.74, 6) is -4.09. The van der Waals surface area contributed by atoms with Crippen LogP contribution >= 0.6 is 0 Å². The van der Waals surface area contributed by atoms with Crippen LogP contribution in [0.5, 0.6) is 11.5 Å². The SMILES string of the molecule is CCCCCCCCOc1ccc(-n2cc[n+](Cc3c(F)c(F)c(C[n+]4ccn(-c5ccc(OCCCCCCCC)cc5)c4)c(F)c3F)c2)cc1. The van der Waals surface area contributed by atoms with Gasteiger partial charge in [0.1, 0.15) is 60.8 Å². The molecule has 5 rings (SSSR count). The van der Waals surface area contributed by atoms with Crippen LogP contribution in [0.3, 0.4) is 0 Å². The molecular formula is C42H52F4N4O2+2. The van der Waals surface area contributed by atoms with Gasteiger partial charge in [-0.25, -0.2) is 35.8 Å². The van der Waals surface area contributed by atoms with Crippen molar-refractivity contribution in [2.75, 3.05) is 13.2 Å². The summed E-state index contributed by atoms with van der Waals surface area (Å²) < 4.78 is 79.4. The van der Waals surface area contributed by atoms with E-state index >= 15 is 17.6 Å². The minimum Gasteiger partial charge on any atom is -0.494 e. The molecule has 0 unspecified atom stereocenters. The second kappa shape index (κ2) is 19.9. The first-order valence-electron chi connectivity index (χ1n) is 18.8. The number of hydrogen-bond acceptors (Lipinski definition) is 2. The van der Waals surface area contributed by atoms with E-state index < -0.39 is 34.4 Å². The van der Waals surface area contributed by atoms with Crippen molar-refractivity contribution >= 4 is 0 Å². The number of rotatable bonds is 22. The first kappa shape index (κ1) is 38.6. The maximum atomic E-state index is 15.3. The van der Waals surface area contributed by atoms with Crippen LogP contribution in [-0.4, -0.2) is 22.3 Å². The van der Waals surface area contributed by atoms with E-state index in [1.54, 1.807) is 46.6 Å². The Morgan fingerprint density at radius 1 is 0.481 bits per heavy atom. The molecule has 0 aliphatic heterocycles. The Morgan fingerprint density at radius 2 is 0.827 bits per heavy atom. The van der Waals surface area contributed by atoms with Gasteiger partial charge in [0.15, 0.2) is 23.3 Å². The molecule has 0 bridgehead atoms. The zero-order chi connectivity index (χ0) is 36.7. The Labute approximate surface area is 305 Å². The van der Waals surface area contributed by atoms with Gasteiger partial charge < -0.3 is 9.47 Å². The van der Waals surface area contributed by atoms with E-state index in [2.05, 4.69) is 13.8 Å². The minimum absolute atomic E-state index is 0.388. The van der Waals surface area contributed by atoms with Gasteiger partial charge in [-0.1, -0.05) is 78.1 Å². The molecule has 5 aromatic rings. The number of aromatic nitrogens is 4. The van der Waals surface area contributed by atoms with Gasteiger partial charge in [-0.2, -0.15) is 0 Å². The predicted octanol–water partition coefficient (Wildman–Crippen LogP) is 9.97. The topological polar surface area (TPSA) is 36.1 Å². The second-order valence-corrected chi connectivity index (χ2v) is 13.4. The van der Waals surface area contributed by atoms with Crippen LogP contribution in [0.15, 0.2) is 86.0 Å². The van der Waals surface area contributed by atoms with Crippen molar-refractivity contribution in [1.82, 2.24) is 9.13 Å². The summed E-state index contributed by atoms with van der Waals surface area (Å²) in [7, 11) is 0.